The van der Waals surface area contributed by atoms with Crippen molar-refractivity contribution in [1.82, 2.24) is 10.3 Å². The van der Waals surface area contributed by atoms with Crippen molar-refractivity contribution in [3.8, 4) is 11.1 Å². The molecular weight excluding hydrogens is 444 g/mol. The topological polar surface area (TPSA) is 101 Å². The summed E-state index contributed by atoms with van der Waals surface area (Å²) in [6.45, 7) is 4.58. The van der Waals surface area contributed by atoms with Crippen LogP contribution in [-0.4, -0.2) is 41.2 Å². The molecule has 0 saturated carbocycles. The maximum atomic E-state index is 13.4. The summed E-state index contributed by atoms with van der Waals surface area (Å²) in [5, 5.41) is 15.6. The minimum absolute atomic E-state index is 0.000547. The van der Waals surface area contributed by atoms with E-state index in [9.17, 15) is 23.5 Å². The van der Waals surface area contributed by atoms with Crippen LogP contribution in [0.1, 0.15) is 33.3 Å². The molecule has 1 aliphatic rings. The number of carbonyl (C=O) groups is 2. The highest BCUT2D eigenvalue weighted by molar-refractivity contribution is 5.97. The van der Waals surface area contributed by atoms with Gasteiger partial charge < -0.3 is 20.5 Å². The first-order chi connectivity index (χ1) is 16.2. The van der Waals surface area contributed by atoms with Crippen LogP contribution >= 0.6 is 0 Å². The molecule has 7 nitrogen and oxygen atoms in total. The first kappa shape index (κ1) is 23.5. The Hall–Kier alpha value is -3.69. The Kier molecular flexibility index (Phi) is 6.67. The van der Waals surface area contributed by atoms with Crippen molar-refractivity contribution in [3.63, 3.8) is 0 Å². The number of anilines is 1. The van der Waals surface area contributed by atoms with Crippen LogP contribution in [0.15, 0.2) is 48.7 Å². The van der Waals surface area contributed by atoms with E-state index < -0.39 is 23.6 Å². The van der Waals surface area contributed by atoms with Gasteiger partial charge >= 0.3 is 0 Å². The molecule has 4 rings (SSSR count). The minimum atomic E-state index is -1.74. The van der Waals surface area contributed by atoms with Crippen LogP contribution in [0.2, 0.25) is 0 Å². The number of rotatable bonds is 6. The van der Waals surface area contributed by atoms with Gasteiger partial charge in [-0.1, -0.05) is 6.07 Å². The minimum Gasteiger partial charge on any atom is -0.378 e. The van der Waals surface area contributed by atoms with Crippen LogP contribution in [-0.2, 0) is 9.53 Å². The fourth-order valence-corrected chi connectivity index (χ4v) is 3.65. The Morgan fingerprint density at radius 1 is 1.09 bits per heavy atom. The van der Waals surface area contributed by atoms with E-state index in [2.05, 4.69) is 15.6 Å². The molecule has 0 bridgehead atoms. The van der Waals surface area contributed by atoms with Crippen molar-refractivity contribution in [3.05, 3.63) is 82.7 Å². The highest BCUT2D eigenvalue weighted by Gasteiger charge is 2.23. The van der Waals surface area contributed by atoms with Gasteiger partial charge in [0.1, 0.15) is 11.6 Å². The summed E-state index contributed by atoms with van der Waals surface area (Å²) >= 11 is 0. The number of nitrogens with zero attached hydrogens (tertiary/aromatic N) is 1. The summed E-state index contributed by atoms with van der Waals surface area (Å²) in [5.74, 6) is -2.82. The number of hydrogen-bond acceptors (Lipinski definition) is 5. The molecule has 1 unspecified atom stereocenters. The molecule has 2 heterocycles. The van der Waals surface area contributed by atoms with Gasteiger partial charge in [0, 0.05) is 23.5 Å². The number of benzene rings is 2. The maximum absolute atomic E-state index is 13.4. The number of ether oxygens (including phenoxy) is 1. The highest BCUT2D eigenvalue weighted by Crippen LogP contribution is 2.28. The molecule has 1 saturated heterocycles. The number of carbonyl (C=O) groups excluding carboxylic acids is 2. The van der Waals surface area contributed by atoms with E-state index in [1.54, 1.807) is 37.4 Å². The SMILES string of the molecule is Cc1cc(NC(=O)C(O)c2cc(F)cc(F)c2)ccc1-c1cnc(C)c(C(=O)NC2COC2)c1. The molecule has 1 aliphatic heterocycles. The van der Waals surface area contributed by atoms with Crippen LogP contribution in [0.3, 0.4) is 0 Å². The Morgan fingerprint density at radius 2 is 1.79 bits per heavy atom. The molecule has 1 atom stereocenters. The smallest absolute Gasteiger partial charge is 0.257 e. The van der Waals surface area contributed by atoms with E-state index in [0.717, 1.165) is 28.8 Å². The second-order valence-corrected chi connectivity index (χ2v) is 8.19. The molecule has 0 aliphatic carbocycles. The average Bonchev–Trinajstić information content (AvgIpc) is 2.75. The van der Waals surface area contributed by atoms with Crippen LogP contribution in [0.5, 0.6) is 0 Å². The molecule has 0 spiro atoms. The average molecular weight is 467 g/mol. The number of aromatic nitrogens is 1. The molecule has 2 amide bonds. The molecule has 1 aromatic heterocycles. The van der Waals surface area contributed by atoms with Crippen LogP contribution in [0, 0.1) is 25.5 Å². The zero-order valence-electron chi connectivity index (χ0n) is 18.6. The lowest BCUT2D eigenvalue weighted by atomic mass is 9.99. The summed E-state index contributed by atoms with van der Waals surface area (Å²) in [6, 6.07) is 9.30. The number of halogens is 2. The lowest BCUT2D eigenvalue weighted by molar-refractivity contribution is -0.124. The molecule has 3 aromatic rings. The zero-order valence-corrected chi connectivity index (χ0v) is 18.6. The van der Waals surface area contributed by atoms with Crippen molar-refractivity contribution in [2.24, 2.45) is 0 Å². The lowest BCUT2D eigenvalue weighted by Gasteiger charge is -2.27. The number of nitrogens with one attached hydrogen (secondary N) is 2. The third kappa shape index (κ3) is 5.11. The summed E-state index contributed by atoms with van der Waals surface area (Å²) in [6.07, 6.45) is -0.0740. The number of aryl methyl sites for hydroxylation is 2. The fourth-order valence-electron chi connectivity index (χ4n) is 3.65. The van der Waals surface area contributed by atoms with Gasteiger partial charge in [-0.05, 0) is 60.9 Å². The van der Waals surface area contributed by atoms with E-state index in [1.807, 2.05) is 6.92 Å². The van der Waals surface area contributed by atoms with Crippen molar-refractivity contribution < 1.29 is 28.2 Å². The van der Waals surface area contributed by atoms with Crippen molar-refractivity contribution in [2.45, 2.75) is 26.0 Å². The van der Waals surface area contributed by atoms with Gasteiger partial charge in [-0.3, -0.25) is 14.6 Å². The number of amides is 2. The van der Waals surface area contributed by atoms with E-state index >= 15 is 0 Å². The van der Waals surface area contributed by atoms with Gasteiger partial charge in [0.05, 0.1) is 30.5 Å². The zero-order chi connectivity index (χ0) is 24.4. The van der Waals surface area contributed by atoms with Crippen molar-refractivity contribution in [2.75, 3.05) is 18.5 Å². The summed E-state index contributed by atoms with van der Waals surface area (Å²) in [4.78, 5) is 29.4. The summed E-state index contributed by atoms with van der Waals surface area (Å²) in [5.41, 5.74) is 3.59. The lowest BCUT2D eigenvalue weighted by Crippen LogP contribution is -2.48. The number of aliphatic hydroxyl groups is 1. The van der Waals surface area contributed by atoms with E-state index in [-0.39, 0.29) is 17.5 Å². The number of aliphatic hydroxyl groups excluding tert-OH is 1. The first-order valence-corrected chi connectivity index (χ1v) is 10.6. The Morgan fingerprint density at radius 3 is 2.41 bits per heavy atom. The molecule has 0 radical (unpaired) electrons. The summed E-state index contributed by atoms with van der Waals surface area (Å²) < 4.78 is 31.9. The van der Waals surface area contributed by atoms with E-state index in [1.165, 1.54) is 0 Å². The molecule has 176 valence electrons. The second kappa shape index (κ2) is 9.66. The molecule has 3 N–H and O–H groups in total. The number of pyridine rings is 1. The second-order valence-electron chi connectivity index (χ2n) is 8.19. The molecule has 2 aromatic carbocycles. The molecule has 34 heavy (non-hydrogen) atoms. The predicted octanol–water partition coefficient (Wildman–Crippen LogP) is 3.44. The number of hydrogen-bond donors (Lipinski definition) is 3. The molecular formula is C25H23F2N3O4. The largest absolute Gasteiger partial charge is 0.378 e. The quantitative estimate of drug-likeness (QED) is 0.516. The Balaban J connectivity index is 1.51. The van der Waals surface area contributed by atoms with Gasteiger partial charge in [-0.2, -0.15) is 0 Å². The van der Waals surface area contributed by atoms with Crippen LogP contribution in [0.25, 0.3) is 11.1 Å². The van der Waals surface area contributed by atoms with Crippen molar-refractivity contribution in [1.29, 1.82) is 0 Å². The van der Waals surface area contributed by atoms with Gasteiger partial charge in [0.15, 0.2) is 6.10 Å². The Bertz CT molecular complexity index is 1240. The monoisotopic (exact) mass is 467 g/mol. The van der Waals surface area contributed by atoms with Gasteiger partial charge in [0.2, 0.25) is 0 Å². The Labute approximate surface area is 194 Å². The van der Waals surface area contributed by atoms with Gasteiger partial charge in [-0.25, -0.2) is 8.78 Å². The predicted molar refractivity (Wildman–Crippen MR) is 121 cm³/mol. The maximum Gasteiger partial charge on any atom is 0.257 e. The van der Waals surface area contributed by atoms with E-state index in [0.29, 0.717) is 36.2 Å². The van der Waals surface area contributed by atoms with Gasteiger partial charge in [-0.15, -0.1) is 0 Å². The molecule has 9 heteroatoms. The highest BCUT2D eigenvalue weighted by atomic mass is 19.1. The van der Waals surface area contributed by atoms with Crippen LogP contribution in [0.4, 0.5) is 14.5 Å². The van der Waals surface area contributed by atoms with Crippen LogP contribution < -0.4 is 10.6 Å². The standard InChI is InChI=1S/C25H23F2N3O4/c1-13-5-19(29-25(33)23(31)15-6-17(26)9-18(27)7-15)3-4-21(13)16-8-22(14(2)28-10-16)24(32)30-20-11-34-12-20/h3-10,20,23,31H,11-12H2,1-2H3,(H,29,33)(H,30,32). The molecule has 1 fully saturated rings. The fraction of sp³-hybridized carbons (Fsp3) is 0.240. The normalized spacial score (nSPS) is 14.3. The third-order valence-electron chi connectivity index (χ3n) is 5.56. The van der Waals surface area contributed by atoms with E-state index in [4.69, 9.17) is 4.74 Å². The first-order valence-electron chi connectivity index (χ1n) is 10.6. The third-order valence-corrected chi connectivity index (χ3v) is 5.56. The van der Waals surface area contributed by atoms with Crippen molar-refractivity contribution >= 4 is 17.5 Å². The summed E-state index contributed by atoms with van der Waals surface area (Å²) in [7, 11) is 0. The van der Waals surface area contributed by atoms with Gasteiger partial charge in [0.25, 0.3) is 11.8 Å².